The summed E-state index contributed by atoms with van der Waals surface area (Å²) in [7, 11) is 0. The minimum absolute atomic E-state index is 0.141. The summed E-state index contributed by atoms with van der Waals surface area (Å²) in [4.78, 5) is 18.2. The SMILES string of the molecule is CCCc1noc([C@@H](C)N2CCC(NC(=O)CC)CC2)n1. The highest BCUT2D eigenvalue weighted by Crippen LogP contribution is 2.23. The summed E-state index contributed by atoms with van der Waals surface area (Å²) in [5.74, 6) is 1.64. The fourth-order valence-electron chi connectivity index (χ4n) is 2.68. The number of carbonyl (C=O) groups is 1. The molecule has 0 spiro atoms. The molecule has 1 fully saturated rings. The quantitative estimate of drug-likeness (QED) is 0.869. The van der Waals surface area contributed by atoms with E-state index in [0.717, 1.165) is 44.6 Å². The molecule has 0 saturated carbocycles. The number of rotatable bonds is 6. The molecule has 1 aromatic rings. The van der Waals surface area contributed by atoms with E-state index < -0.39 is 0 Å². The zero-order chi connectivity index (χ0) is 15.2. The average Bonchev–Trinajstić information content (AvgIpc) is 2.96. The maximum absolute atomic E-state index is 11.4. The molecule has 2 rings (SSSR count). The fraction of sp³-hybridized carbons (Fsp3) is 0.800. The number of aryl methyl sites for hydroxylation is 1. The Morgan fingerprint density at radius 2 is 2.14 bits per heavy atom. The molecule has 0 radical (unpaired) electrons. The monoisotopic (exact) mass is 294 g/mol. The van der Waals surface area contributed by atoms with Crippen LogP contribution in [0.5, 0.6) is 0 Å². The molecular weight excluding hydrogens is 268 g/mol. The highest BCUT2D eigenvalue weighted by atomic mass is 16.5. The maximum atomic E-state index is 11.4. The topological polar surface area (TPSA) is 71.3 Å². The van der Waals surface area contributed by atoms with Gasteiger partial charge in [-0.3, -0.25) is 9.69 Å². The number of nitrogens with one attached hydrogen (secondary N) is 1. The van der Waals surface area contributed by atoms with E-state index in [2.05, 4.69) is 34.2 Å². The van der Waals surface area contributed by atoms with Crippen LogP contribution in [0.1, 0.15) is 64.2 Å². The van der Waals surface area contributed by atoms with Crippen molar-refractivity contribution in [3.05, 3.63) is 11.7 Å². The van der Waals surface area contributed by atoms with Crippen LogP contribution in [0.3, 0.4) is 0 Å². The predicted octanol–water partition coefficient (Wildman–Crippen LogP) is 2.07. The third-order valence-corrected chi connectivity index (χ3v) is 4.08. The molecule has 1 atom stereocenters. The van der Waals surface area contributed by atoms with Crippen LogP contribution in [0.15, 0.2) is 4.52 Å². The van der Waals surface area contributed by atoms with Crippen molar-refractivity contribution >= 4 is 5.91 Å². The van der Waals surface area contributed by atoms with E-state index in [1.54, 1.807) is 0 Å². The third kappa shape index (κ3) is 4.27. The third-order valence-electron chi connectivity index (χ3n) is 4.08. The van der Waals surface area contributed by atoms with Gasteiger partial charge in [-0.05, 0) is 26.2 Å². The molecule has 1 aliphatic heterocycles. The molecule has 2 heterocycles. The molecule has 1 amide bonds. The number of carbonyl (C=O) groups excluding carboxylic acids is 1. The Bertz CT molecular complexity index is 452. The van der Waals surface area contributed by atoms with Gasteiger partial charge in [0.05, 0.1) is 6.04 Å². The normalized spacial score (nSPS) is 18.6. The Balaban J connectivity index is 1.84. The lowest BCUT2D eigenvalue weighted by Crippen LogP contribution is -2.45. The van der Waals surface area contributed by atoms with Gasteiger partial charge in [-0.25, -0.2) is 0 Å². The zero-order valence-corrected chi connectivity index (χ0v) is 13.3. The second kappa shape index (κ2) is 7.54. The largest absolute Gasteiger partial charge is 0.353 e. The van der Waals surface area contributed by atoms with Gasteiger partial charge in [0.25, 0.3) is 0 Å². The van der Waals surface area contributed by atoms with E-state index in [9.17, 15) is 4.79 Å². The van der Waals surface area contributed by atoms with Crippen molar-refractivity contribution in [2.45, 2.75) is 65.0 Å². The Labute approximate surface area is 126 Å². The van der Waals surface area contributed by atoms with Crippen LogP contribution < -0.4 is 5.32 Å². The second-order valence-electron chi connectivity index (χ2n) is 5.71. The van der Waals surface area contributed by atoms with E-state index >= 15 is 0 Å². The summed E-state index contributed by atoms with van der Waals surface area (Å²) in [6.45, 7) is 7.99. The minimum Gasteiger partial charge on any atom is -0.353 e. The second-order valence-corrected chi connectivity index (χ2v) is 5.71. The highest BCUT2D eigenvalue weighted by Gasteiger charge is 2.27. The molecule has 1 saturated heterocycles. The number of hydrogen-bond acceptors (Lipinski definition) is 5. The van der Waals surface area contributed by atoms with Gasteiger partial charge in [0.1, 0.15) is 0 Å². The van der Waals surface area contributed by atoms with E-state index in [4.69, 9.17) is 4.52 Å². The van der Waals surface area contributed by atoms with Crippen molar-refractivity contribution in [2.75, 3.05) is 13.1 Å². The van der Waals surface area contributed by atoms with Crippen LogP contribution in [0.4, 0.5) is 0 Å². The van der Waals surface area contributed by atoms with Crippen molar-refractivity contribution in [1.29, 1.82) is 0 Å². The van der Waals surface area contributed by atoms with Gasteiger partial charge in [0.2, 0.25) is 11.8 Å². The Kier molecular flexibility index (Phi) is 5.73. The highest BCUT2D eigenvalue weighted by molar-refractivity contribution is 5.75. The number of nitrogens with zero attached hydrogens (tertiary/aromatic N) is 3. The Morgan fingerprint density at radius 1 is 1.43 bits per heavy atom. The average molecular weight is 294 g/mol. The van der Waals surface area contributed by atoms with Gasteiger partial charge in [-0.15, -0.1) is 0 Å². The number of likely N-dealkylation sites (tertiary alicyclic amines) is 1. The van der Waals surface area contributed by atoms with Gasteiger partial charge in [-0.1, -0.05) is 19.0 Å². The first kappa shape index (κ1) is 15.9. The molecule has 0 unspecified atom stereocenters. The van der Waals surface area contributed by atoms with Crippen LogP contribution in [0.2, 0.25) is 0 Å². The summed E-state index contributed by atoms with van der Waals surface area (Å²) in [6, 6.07) is 0.449. The summed E-state index contributed by atoms with van der Waals surface area (Å²) < 4.78 is 5.37. The Hall–Kier alpha value is -1.43. The van der Waals surface area contributed by atoms with Crippen molar-refractivity contribution < 1.29 is 9.32 Å². The first-order valence-corrected chi connectivity index (χ1v) is 7.99. The fourth-order valence-corrected chi connectivity index (χ4v) is 2.68. The van der Waals surface area contributed by atoms with Crippen LogP contribution >= 0.6 is 0 Å². The Morgan fingerprint density at radius 3 is 2.76 bits per heavy atom. The van der Waals surface area contributed by atoms with Gasteiger partial charge in [-0.2, -0.15) is 4.98 Å². The number of piperidine rings is 1. The van der Waals surface area contributed by atoms with Crippen LogP contribution in [-0.2, 0) is 11.2 Å². The first-order chi connectivity index (χ1) is 10.1. The van der Waals surface area contributed by atoms with Crippen molar-refractivity contribution in [3.8, 4) is 0 Å². The molecule has 1 aromatic heterocycles. The van der Waals surface area contributed by atoms with Gasteiger partial charge in [0, 0.05) is 32.0 Å². The van der Waals surface area contributed by atoms with Crippen LogP contribution in [0.25, 0.3) is 0 Å². The molecule has 0 aromatic carbocycles. The molecule has 118 valence electrons. The molecule has 6 nitrogen and oxygen atoms in total. The first-order valence-electron chi connectivity index (χ1n) is 7.99. The molecule has 0 aliphatic carbocycles. The van der Waals surface area contributed by atoms with Crippen molar-refractivity contribution in [2.24, 2.45) is 0 Å². The molecule has 1 aliphatic rings. The van der Waals surface area contributed by atoms with Crippen LogP contribution in [0, 0.1) is 0 Å². The van der Waals surface area contributed by atoms with E-state index in [1.807, 2.05) is 6.92 Å². The number of hydrogen-bond donors (Lipinski definition) is 1. The van der Waals surface area contributed by atoms with Gasteiger partial charge >= 0.3 is 0 Å². The smallest absolute Gasteiger partial charge is 0.243 e. The molecular formula is C15H26N4O2. The predicted molar refractivity (Wildman–Crippen MR) is 79.7 cm³/mol. The summed E-state index contributed by atoms with van der Waals surface area (Å²) >= 11 is 0. The molecule has 0 bridgehead atoms. The summed E-state index contributed by atoms with van der Waals surface area (Å²) in [6.07, 6.45) is 4.40. The van der Waals surface area contributed by atoms with Gasteiger partial charge in [0.15, 0.2) is 5.82 Å². The van der Waals surface area contributed by atoms with E-state index in [-0.39, 0.29) is 11.9 Å². The lowest BCUT2D eigenvalue weighted by molar-refractivity contribution is -0.121. The maximum Gasteiger partial charge on any atom is 0.243 e. The van der Waals surface area contributed by atoms with Crippen molar-refractivity contribution in [3.63, 3.8) is 0 Å². The molecule has 1 N–H and O–H groups in total. The van der Waals surface area contributed by atoms with E-state index in [0.29, 0.717) is 18.4 Å². The van der Waals surface area contributed by atoms with Crippen molar-refractivity contribution in [1.82, 2.24) is 20.4 Å². The number of amides is 1. The molecule has 21 heavy (non-hydrogen) atoms. The summed E-state index contributed by atoms with van der Waals surface area (Å²) in [5.41, 5.74) is 0. The van der Waals surface area contributed by atoms with E-state index in [1.165, 1.54) is 0 Å². The van der Waals surface area contributed by atoms with Crippen LogP contribution in [-0.4, -0.2) is 40.1 Å². The number of aromatic nitrogens is 2. The standard InChI is InChI=1S/C15H26N4O2/c1-4-6-13-17-15(21-18-13)11(3)19-9-7-12(8-10-19)16-14(20)5-2/h11-12H,4-10H2,1-3H3,(H,16,20)/t11-/m1/s1. The lowest BCUT2D eigenvalue weighted by Gasteiger charge is -2.34. The van der Waals surface area contributed by atoms with Gasteiger partial charge < -0.3 is 9.84 Å². The zero-order valence-electron chi connectivity index (χ0n) is 13.3. The minimum atomic E-state index is 0.141. The lowest BCUT2D eigenvalue weighted by atomic mass is 10.0. The summed E-state index contributed by atoms with van der Waals surface area (Å²) in [5, 5.41) is 7.09. The molecule has 6 heteroatoms.